The molecule has 0 unspecified atom stereocenters. The van der Waals surface area contributed by atoms with Crippen molar-refractivity contribution in [2.75, 3.05) is 17.8 Å². The first kappa shape index (κ1) is 12.4. The molecule has 0 aliphatic rings. The number of rotatable bonds is 5. The Hall–Kier alpha value is -2.02. The molecule has 0 aliphatic carbocycles. The highest BCUT2D eigenvalue weighted by Gasteiger charge is 2.04. The van der Waals surface area contributed by atoms with Gasteiger partial charge in [0.05, 0.1) is 18.2 Å². The van der Waals surface area contributed by atoms with E-state index < -0.39 is 0 Å². The van der Waals surface area contributed by atoms with Gasteiger partial charge in [0.25, 0.3) is 5.95 Å². The number of nitrogen functional groups attached to an aromatic ring is 1. The Morgan fingerprint density at radius 1 is 1.50 bits per heavy atom. The second-order valence-corrected chi connectivity index (χ2v) is 3.89. The number of ether oxygens (including phenoxy) is 1. The highest BCUT2D eigenvalue weighted by atomic mass is 35.5. The lowest BCUT2D eigenvalue weighted by Gasteiger charge is -2.09. The van der Waals surface area contributed by atoms with Crippen LogP contribution >= 0.6 is 11.6 Å². The van der Waals surface area contributed by atoms with E-state index in [0.29, 0.717) is 23.9 Å². The van der Waals surface area contributed by atoms with Gasteiger partial charge >= 0.3 is 0 Å². The molecule has 0 saturated carbocycles. The van der Waals surface area contributed by atoms with Crippen LogP contribution in [0.4, 0.5) is 5.95 Å². The Kier molecular flexibility index (Phi) is 3.83. The fourth-order valence-corrected chi connectivity index (χ4v) is 1.66. The Morgan fingerprint density at radius 2 is 2.33 bits per heavy atom. The van der Waals surface area contributed by atoms with Crippen LogP contribution in [0.5, 0.6) is 5.75 Å². The molecular formula is C10H13ClN6O. The number of hydrogen-bond acceptors (Lipinski definition) is 6. The zero-order chi connectivity index (χ0) is 13.0. The van der Waals surface area contributed by atoms with Gasteiger partial charge in [0.15, 0.2) is 0 Å². The highest BCUT2D eigenvalue weighted by Crippen LogP contribution is 2.25. The van der Waals surface area contributed by atoms with Crippen LogP contribution in [0.2, 0.25) is 5.02 Å². The molecule has 1 aromatic heterocycles. The highest BCUT2D eigenvalue weighted by molar-refractivity contribution is 6.32. The predicted molar refractivity (Wildman–Crippen MR) is 67.9 cm³/mol. The van der Waals surface area contributed by atoms with Gasteiger partial charge in [0, 0.05) is 0 Å². The molecule has 0 spiro atoms. The van der Waals surface area contributed by atoms with Gasteiger partial charge in [-0.1, -0.05) is 22.8 Å². The van der Waals surface area contributed by atoms with Crippen molar-refractivity contribution < 1.29 is 4.74 Å². The summed E-state index contributed by atoms with van der Waals surface area (Å²) >= 11 is 6.08. The molecule has 0 saturated heterocycles. The number of halogens is 1. The topological polar surface area (TPSA) is 90.9 Å². The zero-order valence-corrected chi connectivity index (χ0v) is 10.6. The number of tetrazole rings is 1. The van der Waals surface area contributed by atoms with Crippen molar-refractivity contribution in [2.45, 2.75) is 13.5 Å². The van der Waals surface area contributed by atoms with Gasteiger partial charge in [-0.05, 0) is 35.0 Å². The van der Waals surface area contributed by atoms with Gasteiger partial charge in [-0.25, -0.2) is 0 Å². The third kappa shape index (κ3) is 2.80. The van der Waals surface area contributed by atoms with E-state index >= 15 is 0 Å². The first-order chi connectivity index (χ1) is 8.70. The van der Waals surface area contributed by atoms with Crippen LogP contribution in [0.15, 0.2) is 18.2 Å². The summed E-state index contributed by atoms with van der Waals surface area (Å²) in [6, 6.07) is 5.55. The van der Waals surface area contributed by atoms with Gasteiger partial charge in [-0.15, -0.1) is 4.79 Å². The van der Waals surface area contributed by atoms with E-state index in [1.807, 2.05) is 25.1 Å². The van der Waals surface area contributed by atoms with Crippen molar-refractivity contribution in [3.63, 3.8) is 0 Å². The summed E-state index contributed by atoms with van der Waals surface area (Å²) in [5, 5.41) is 11.2. The summed E-state index contributed by atoms with van der Waals surface area (Å²) in [5.41, 5.74) is 9.43. The fourth-order valence-electron chi connectivity index (χ4n) is 1.40. The molecule has 1 aromatic carbocycles. The maximum atomic E-state index is 6.08. The first-order valence-electron chi connectivity index (χ1n) is 5.39. The lowest BCUT2D eigenvalue weighted by Crippen LogP contribution is -2.18. The van der Waals surface area contributed by atoms with E-state index in [1.54, 1.807) is 0 Å². The Labute approximate surface area is 109 Å². The summed E-state index contributed by atoms with van der Waals surface area (Å²) in [6.45, 7) is 2.99. The summed E-state index contributed by atoms with van der Waals surface area (Å²) in [5.74, 6) is 0.872. The molecule has 0 amide bonds. The summed E-state index contributed by atoms with van der Waals surface area (Å²) in [4.78, 5) is 1.30. The molecule has 2 aromatic rings. The Bertz CT molecular complexity index is 529. The smallest absolute Gasteiger partial charge is 0.260 e. The van der Waals surface area contributed by atoms with E-state index in [2.05, 4.69) is 21.0 Å². The number of nitrogens with two attached hydrogens (primary N) is 1. The van der Waals surface area contributed by atoms with Crippen LogP contribution in [0.25, 0.3) is 0 Å². The number of anilines is 1. The Morgan fingerprint density at radius 3 is 2.94 bits per heavy atom. The monoisotopic (exact) mass is 268 g/mol. The minimum atomic E-state index is 0.201. The lowest BCUT2D eigenvalue weighted by atomic mass is 10.2. The second kappa shape index (κ2) is 5.54. The molecule has 0 fully saturated rings. The molecule has 0 bridgehead atoms. The van der Waals surface area contributed by atoms with Gasteiger partial charge in [-0.3, -0.25) is 0 Å². The fraction of sp³-hybridized carbons (Fsp3) is 0.300. The van der Waals surface area contributed by atoms with Crippen LogP contribution in [-0.2, 0) is 6.54 Å². The largest absolute Gasteiger partial charge is 0.492 e. The lowest BCUT2D eigenvalue weighted by molar-refractivity contribution is 0.340. The molecule has 8 heteroatoms. The molecule has 3 N–H and O–H groups in total. The van der Waals surface area contributed by atoms with Gasteiger partial charge in [0.1, 0.15) is 5.75 Å². The Balaban J connectivity index is 2.02. The average Bonchev–Trinajstić information content (AvgIpc) is 2.76. The van der Waals surface area contributed by atoms with Crippen LogP contribution in [0, 0.1) is 0 Å². The molecule has 0 atom stereocenters. The van der Waals surface area contributed by atoms with Crippen molar-refractivity contribution in [2.24, 2.45) is 0 Å². The van der Waals surface area contributed by atoms with Crippen LogP contribution < -0.4 is 15.9 Å². The first-order valence-corrected chi connectivity index (χ1v) is 5.77. The predicted octanol–water partition coefficient (Wildman–Crippen LogP) is 1.05. The molecule has 7 nitrogen and oxygen atoms in total. The van der Waals surface area contributed by atoms with Gasteiger partial charge in [0.2, 0.25) is 0 Å². The number of benzene rings is 1. The normalized spacial score (nSPS) is 10.3. The van der Waals surface area contributed by atoms with Crippen molar-refractivity contribution in [1.82, 2.24) is 20.3 Å². The third-order valence-electron chi connectivity index (χ3n) is 2.22. The minimum absolute atomic E-state index is 0.201. The van der Waals surface area contributed by atoms with Crippen LogP contribution in [0.3, 0.4) is 0 Å². The molecule has 0 aliphatic heterocycles. The van der Waals surface area contributed by atoms with Gasteiger partial charge < -0.3 is 15.9 Å². The second-order valence-electron chi connectivity index (χ2n) is 3.48. The number of nitrogens with one attached hydrogen (secondary N) is 1. The third-order valence-corrected chi connectivity index (χ3v) is 2.52. The van der Waals surface area contributed by atoms with E-state index in [4.69, 9.17) is 22.1 Å². The van der Waals surface area contributed by atoms with Gasteiger partial charge in [-0.2, -0.15) is 0 Å². The maximum absolute atomic E-state index is 6.08. The quantitative estimate of drug-likeness (QED) is 0.842. The van der Waals surface area contributed by atoms with Crippen molar-refractivity contribution in [1.29, 1.82) is 0 Å². The standard InChI is InChI=1S/C10H13ClN6O/c1-2-18-9-4-3-7(5-8(9)11)6-13-17-10(12)14-15-16-17/h3-5,13H,2,6H2,1H3,(H2,12,14,16). The van der Waals surface area contributed by atoms with E-state index in [0.717, 1.165) is 5.56 Å². The van der Waals surface area contributed by atoms with Crippen LogP contribution in [-0.4, -0.2) is 26.9 Å². The van der Waals surface area contributed by atoms with E-state index in [9.17, 15) is 0 Å². The SMILES string of the molecule is CCOc1ccc(CNn2nnnc2N)cc1Cl. The summed E-state index contributed by atoms with van der Waals surface area (Å²) in [7, 11) is 0. The van der Waals surface area contributed by atoms with Crippen molar-refractivity contribution in [3.8, 4) is 5.75 Å². The van der Waals surface area contributed by atoms with Crippen molar-refractivity contribution >= 4 is 17.5 Å². The summed E-state index contributed by atoms with van der Waals surface area (Å²) < 4.78 is 5.35. The molecule has 1 heterocycles. The van der Waals surface area contributed by atoms with Crippen molar-refractivity contribution in [3.05, 3.63) is 28.8 Å². The average molecular weight is 269 g/mol. The number of nitrogens with zero attached hydrogens (tertiary/aromatic N) is 4. The molecule has 2 rings (SSSR count). The molecular weight excluding hydrogens is 256 g/mol. The molecule has 0 radical (unpaired) electrons. The maximum Gasteiger partial charge on any atom is 0.260 e. The molecule has 96 valence electrons. The number of aromatic nitrogens is 4. The van der Waals surface area contributed by atoms with Crippen LogP contribution in [0.1, 0.15) is 12.5 Å². The minimum Gasteiger partial charge on any atom is -0.492 e. The van der Waals surface area contributed by atoms with E-state index in [-0.39, 0.29) is 5.95 Å². The van der Waals surface area contributed by atoms with E-state index in [1.165, 1.54) is 4.79 Å². The summed E-state index contributed by atoms with van der Waals surface area (Å²) in [6.07, 6.45) is 0. The molecule has 18 heavy (non-hydrogen) atoms. The zero-order valence-electron chi connectivity index (χ0n) is 9.80. The number of hydrogen-bond donors (Lipinski definition) is 2.